The molecule has 0 fully saturated rings. The maximum Gasteiger partial charge on any atom is 0.337 e. The first kappa shape index (κ1) is 18.9. The second kappa shape index (κ2) is 8.68. The van der Waals surface area contributed by atoms with Gasteiger partial charge in [0.25, 0.3) is 5.91 Å². The molecule has 1 amide bonds. The summed E-state index contributed by atoms with van der Waals surface area (Å²) in [7, 11) is 2.91. The van der Waals surface area contributed by atoms with E-state index in [4.69, 9.17) is 9.47 Å². The van der Waals surface area contributed by atoms with Gasteiger partial charge in [-0.2, -0.15) is 0 Å². The summed E-state index contributed by atoms with van der Waals surface area (Å²) in [6.07, 6.45) is 1.55. The van der Waals surface area contributed by atoms with Crippen LogP contribution in [0.4, 0.5) is 17.2 Å². The third-order valence-electron chi connectivity index (χ3n) is 3.93. The van der Waals surface area contributed by atoms with Crippen LogP contribution < -0.4 is 15.4 Å². The number of aromatic nitrogens is 1. The van der Waals surface area contributed by atoms with Gasteiger partial charge >= 0.3 is 5.97 Å². The largest absolute Gasteiger partial charge is 0.497 e. The predicted molar refractivity (Wildman–Crippen MR) is 106 cm³/mol. The zero-order valence-corrected chi connectivity index (χ0v) is 15.4. The van der Waals surface area contributed by atoms with Crippen molar-refractivity contribution in [3.05, 3.63) is 78.0 Å². The standard InChI is InChI=1S/C21H19N3O4/c1-27-18-8-6-16(7-9-18)23-19-13-14(10-11-22-19)20(25)24-17-5-3-4-15(12-17)21(26)28-2/h3-13H,1-2H3,(H,22,23)(H,24,25). The normalized spacial score (nSPS) is 10.1. The quantitative estimate of drug-likeness (QED) is 0.634. The fourth-order valence-electron chi connectivity index (χ4n) is 2.51. The van der Waals surface area contributed by atoms with E-state index in [1.807, 2.05) is 24.3 Å². The minimum absolute atomic E-state index is 0.317. The maximum atomic E-state index is 12.6. The van der Waals surface area contributed by atoms with Crippen LogP contribution in [0.1, 0.15) is 20.7 Å². The topological polar surface area (TPSA) is 89.5 Å². The number of rotatable bonds is 6. The molecule has 2 N–H and O–H groups in total. The Hall–Kier alpha value is -3.87. The highest BCUT2D eigenvalue weighted by atomic mass is 16.5. The number of pyridine rings is 1. The number of anilines is 3. The van der Waals surface area contributed by atoms with Crippen molar-refractivity contribution in [1.82, 2.24) is 4.98 Å². The van der Waals surface area contributed by atoms with Crippen molar-refractivity contribution in [2.24, 2.45) is 0 Å². The highest BCUT2D eigenvalue weighted by molar-refractivity contribution is 6.05. The van der Waals surface area contributed by atoms with E-state index in [1.54, 1.807) is 49.7 Å². The van der Waals surface area contributed by atoms with Crippen molar-refractivity contribution in [2.45, 2.75) is 0 Å². The Morgan fingerprint density at radius 2 is 1.68 bits per heavy atom. The number of amides is 1. The third-order valence-corrected chi connectivity index (χ3v) is 3.93. The second-order valence-electron chi connectivity index (χ2n) is 5.81. The van der Waals surface area contributed by atoms with Crippen molar-refractivity contribution in [1.29, 1.82) is 0 Å². The Kier molecular flexibility index (Phi) is 5.86. The van der Waals surface area contributed by atoms with E-state index in [2.05, 4.69) is 15.6 Å². The lowest BCUT2D eigenvalue weighted by atomic mass is 10.2. The lowest BCUT2D eigenvalue weighted by molar-refractivity contribution is 0.0600. The number of nitrogens with one attached hydrogen (secondary N) is 2. The van der Waals surface area contributed by atoms with Gasteiger partial charge in [-0.15, -0.1) is 0 Å². The predicted octanol–water partition coefficient (Wildman–Crippen LogP) is 3.87. The zero-order valence-electron chi connectivity index (χ0n) is 15.4. The minimum Gasteiger partial charge on any atom is -0.497 e. The minimum atomic E-state index is -0.467. The Balaban J connectivity index is 1.72. The zero-order chi connectivity index (χ0) is 19.9. The van der Waals surface area contributed by atoms with Crippen LogP contribution in [0.2, 0.25) is 0 Å². The number of carbonyl (C=O) groups is 2. The molecule has 3 aromatic rings. The molecule has 1 aromatic heterocycles. The fourth-order valence-corrected chi connectivity index (χ4v) is 2.51. The molecular weight excluding hydrogens is 358 g/mol. The van der Waals surface area contributed by atoms with Crippen LogP contribution in [0.15, 0.2) is 66.9 Å². The molecule has 0 atom stereocenters. The summed E-state index contributed by atoms with van der Waals surface area (Å²) < 4.78 is 9.82. The van der Waals surface area contributed by atoms with E-state index in [-0.39, 0.29) is 5.91 Å². The molecule has 0 aliphatic heterocycles. The molecule has 0 spiro atoms. The lowest BCUT2D eigenvalue weighted by Gasteiger charge is -2.09. The highest BCUT2D eigenvalue weighted by Gasteiger charge is 2.10. The Labute approximate surface area is 162 Å². The van der Waals surface area contributed by atoms with Gasteiger partial charge in [-0.3, -0.25) is 4.79 Å². The van der Waals surface area contributed by atoms with Crippen molar-refractivity contribution in [3.8, 4) is 5.75 Å². The van der Waals surface area contributed by atoms with Crippen molar-refractivity contribution in [3.63, 3.8) is 0 Å². The summed E-state index contributed by atoms with van der Waals surface area (Å²) in [5, 5.41) is 5.90. The van der Waals surface area contributed by atoms with Crippen LogP contribution in [0.5, 0.6) is 5.75 Å². The first-order chi connectivity index (χ1) is 13.6. The molecule has 2 aromatic carbocycles. The summed E-state index contributed by atoms with van der Waals surface area (Å²) >= 11 is 0. The van der Waals surface area contributed by atoms with Gasteiger partial charge in [0.05, 0.1) is 19.8 Å². The molecule has 0 unspecified atom stereocenters. The van der Waals surface area contributed by atoms with Gasteiger partial charge in [0.1, 0.15) is 11.6 Å². The van der Waals surface area contributed by atoms with Gasteiger partial charge in [-0.05, 0) is 54.6 Å². The van der Waals surface area contributed by atoms with Crippen LogP contribution in [-0.2, 0) is 4.74 Å². The van der Waals surface area contributed by atoms with Gasteiger partial charge in [0.15, 0.2) is 0 Å². The molecule has 0 radical (unpaired) electrons. The maximum absolute atomic E-state index is 12.6. The number of ether oxygens (including phenoxy) is 2. The van der Waals surface area contributed by atoms with Gasteiger partial charge in [0.2, 0.25) is 0 Å². The van der Waals surface area contributed by atoms with Crippen LogP contribution >= 0.6 is 0 Å². The van der Waals surface area contributed by atoms with Crippen molar-refractivity contribution < 1.29 is 19.1 Å². The highest BCUT2D eigenvalue weighted by Crippen LogP contribution is 2.20. The molecule has 0 aliphatic carbocycles. The number of hydrogen-bond acceptors (Lipinski definition) is 6. The van der Waals surface area contributed by atoms with Crippen LogP contribution in [-0.4, -0.2) is 31.1 Å². The Morgan fingerprint density at radius 3 is 2.39 bits per heavy atom. The molecule has 3 rings (SSSR count). The first-order valence-corrected chi connectivity index (χ1v) is 8.46. The molecule has 0 saturated carbocycles. The molecule has 28 heavy (non-hydrogen) atoms. The van der Waals surface area contributed by atoms with Gasteiger partial charge < -0.3 is 20.1 Å². The number of methoxy groups -OCH3 is 2. The fraction of sp³-hybridized carbons (Fsp3) is 0.0952. The van der Waals surface area contributed by atoms with Crippen LogP contribution in [0.25, 0.3) is 0 Å². The number of hydrogen-bond donors (Lipinski definition) is 2. The Morgan fingerprint density at radius 1 is 0.893 bits per heavy atom. The third kappa shape index (κ3) is 4.64. The van der Waals surface area contributed by atoms with E-state index < -0.39 is 5.97 Å². The lowest BCUT2D eigenvalue weighted by Crippen LogP contribution is -2.13. The first-order valence-electron chi connectivity index (χ1n) is 8.46. The van der Waals surface area contributed by atoms with Gasteiger partial charge in [0, 0.05) is 23.1 Å². The number of esters is 1. The Bertz CT molecular complexity index is 987. The number of nitrogens with zero attached hydrogens (tertiary/aromatic N) is 1. The summed E-state index contributed by atoms with van der Waals surface area (Å²) in [6, 6.07) is 17.2. The molecule has 1 heterocycles. The summed E-state index contributed by atoms with van der Waals surface area (Å²) in [6.45, 7) is 0. The van der Waals surface area contributed by atoms with Crippen LogP contribution in [0, 0.1) is 0 Å². The van der Waals surface area contributed by atoms with E-state index >= 15 is 0 Å². The molecule has 0 aliphatic rings. The molecular formula is C21H19N3O4. The van der Waals surface area contributed by atoms with Crippen molar-refractivity contribution >= 4 is 29.1 Å². The molecule has 7 heteroatoms. The smallest absolute Gasteiger partial charge is 0.337 e. The molecule has 0 saturated heterocycles. The van der Waals surface area contributed by atoms with E-state index in [0.29, 0.717) is 22.6 Å². The van der Waals surface area contributed by atoms with Crippen LogP contribution in [0.3, 0.4) is 0 Å². The monoisotopic (exact) mass is 377 g/mol. The number of carbonyl (C=O) groups excluding carboxylic acids is 2. The van der Waals surface area contributed by atoms with Gasteiger partial charge in [-0.1, -0.05) is 6.07 Å². The summed E-state index contributed by atoms with van der Waals surface area (Å²) in [4.78, 5) is 28.4. The second-order valence-corrected chi connectivity index (χ2v) is 5.81. The average molecular weight is 377 g/mol. The molecule has 0 bridgehead atoms. The van der Waals surface area contributed by atoms with Gasteiger partial charge in [-0.25, -0.2) is 9.78 Å². The van der Waals surface area contributed by atoms with E-state index in [1.165, 1.54) is 7.11 Å². The molecule has 142 valence electrons. The summed E-state index contributed by atoms with van der Waals surface area (Å²) in [5.74, 6) is 0.495. The summed E-state index contributed by atoms with van der Waals surface area (Å²) in [5.41, 5.74) is 2.09. The number of benzene rings is 2. The van der Waals surface area contributed by atoms with E-state index in [9.17, 15) is 9.59 Å². The van der Waals surface area contributed by atoms with E-state index in [0.717, 1.165) is 11.4 Å². The SMILES string of the molecule is COC(=O)c1cccc(NC(=O)c2ccnc(Nc3ccc(OC)cc3)c2)c1. The van der Waals surface area contributed by atoms with Crippen molar-refractivity contribution in [2.75, 3.05) is 24.9 Å². The average Bonchev–Trinajstić information content (AvgIpc) is 2.74. The molecule has 7 nitrogen and oxygen atoms in total.